The number of benzene rings is 3. The molecule has 0 aliphatic heterocycles. The van der Waals surface area contributed by atoms with Crippen molar-refractivity contribution < 1.29 is 4.79 Å². The third-order valence-corrected chi connectivity index (χ3v) is 4.59. The molecule has 5 heteroatoms. The number of thiocarbonyl (C=S) groups is 1. The highest BCUT2D eigenvalue weighted by atomic mass is 35.5. The summed E-state index contributed by atoms with van der Waals surface area (Å²) < 4.78 is 0. The molecule has 1 amide bonds. The van der Waals surface area contributed by atoms with Crippen molar-refractivity contribution >= 4 is 51.3 Å². The second-order valence-corrected chi connectivity index (χ2v) is 6.63. The molecule has 2 N–H and O–H groups in total. The summed E-state index contributed by atoms with van der Waals surface area (Å²) in [5.41, 5.74) is 3.57. The minimum absolute atomic E-state index is 0.265. The minimum Gasteiger partial charge on any atom is -0.332 e. The molecular formula is C20H17ClN2OS. The average Bonchev–Trinajstić information content (AvgIpc) is 2.58. The number of rotatable bonds is 2. The molecule has 0 unspecified atom stereocenters. The molecule has 0 fully saturated rings. The molecule has 3 nitrogen and oxygen atoms in total. The van der Waals surface area contributed by atoms with Gasteiger partial charge in [-0.25, -0.2) is 0 Å². The van der Waals surface area contributed by atoms with Gasteiger partial charge in [-0.15, -0.1) is 0 Å². The van der Waals surface area contributed by atoms with E-state index in [2.05, 4.69) is 10.6 Å². The van der Waals surface area contributed by atoms with Crippen molar-refractivity contribution in [2.45, 2.75) is 13.8 Å². The van der Waals surface area contributed by atoms with Gasteiger partial charge in [0.1, 0.15) is 0 Å². The zero-order valence-corrected chi connectivity index (χ0v) is 15.5. The van der Waals surface area contributed by atoms with Gasteiger partial charge >= 0.3 is 0 Å². The van der Waals surface area contributed by atoms with Crippen LogP contribution in [0.25, 0.3) is 10.8 Å². The summed E-state index contributed by atoms with van der Waals surface area (Å²) in [7, 11) is 0. The molecule has 0 bridgehead atoms. The van der Waals surface area contributed by atoms with Crippen LogP contribution >= 0.6 is 23.8 Å². The SMILES string of the molecule is Cc1cccc(C)c1NC(=S)NC(=O)c1cccc2c(Cl)cccc12. The zero-order chi connectivity index (χ0) is 18.0. The lowest BCUT2D eigenvalue weighted by molar-refractivity contribution is 0.0979. The van der Waals surface area contributed by atoms with Crippen LogP contribution in [-0.2, 0) is 0 Å². The number of aryl methyl sites for hydroxylation is 2. The molecule has 3 aromatic rings. The Kier molecular flexibility index (Phi) is 5.02. The lowest BCUT2D eigenvalue weighted by Crippen LogP contribution is -2.34. The summed E-state index contributed by atoms with van der Waals surface area (Å²) in [5.74, 6) is -0.267. The Hall–Kier alpha value is -2.43. The fourth-order valence-electron chi connectivity index (χ4n) is 2.80. The summed E-state index contributed by atoms with van der Waals surface area (Å²) >= 11 is 11.5. The molecule has 25 heavy (non-hydrogen) atoms. The molecule has 0 radical (unpaired) electrons. The van der Waals surface area contributed by atoms with Gasteiger partial charge in [0.15, 0.2) is 5.11 Å². The Morgan fingerprint density at radius 1 is 0.920 bits per heavy atom. The highest BCUT2D eigenvalue weighted by molar-refractivity contribution is 7.80. The third kappa shape index (κ3) is 3.65. The quantitative estimate of drug-likeness (QED) is 0.608. The van der Waals surface area contributed by atoms with Gasteiger partial charge in [0, 0.05) is 21.7 Å². The Balaban J connectivity index is 1.83. The van der Waals surface area contributed by atoms with E-state index in [-0.39, 0.29) is 11.0 Å². The van der Waals surface area contributed by atoms with Crippen LogP contribution in [-0.4, -0.2) is 11.0 Å². The van der Waals surface area contributed by atoms with Gasteiger partial charge in [0.2, 0.25) is 0 Å². The summed E-state index contributed by atoms with van der Waals surface area (Å²) in [6.07, 6.45) is 0. The Morgan fingerprint density at radius 2 is 1.52 bits per heavy atom. The molecular weight excluding hydrogens is 352 g/mol. The Labute approximate surface area is 157 Å². The molecule has 0 aliphatic rings. The van der Waals surface area contributed by atoms with Crippen molar-refractivity contribution in [1.29, 1.82) is 0 Å². The topological polar surface area (TPSA) is 41.1 Å². The number of nitrogens with one attached hydrogen (secondary N) is 2. The van der Waals surface area contributed by atoms with E-state index in [9.17, 15) is 4.79 Å². The van der Waals surface area contributed by atoms with Gasteiger partial charge in [-0.1, -0.05) is 54.1 Å². The first-order valence-corrected chi connectivity index (χ1v) is 8.62. The van der Waals surface area contributed by atoms with Crippen molar-refractivity contribution in [2.24, 2.45) is 0 Å². The highest BCUT2D eigenvalue weighted by Gasteiger charge is 2.13. The Bertz CT molecular complexity index is 964. The van der Waals surface area contributed by atoms with Crippen molar-refractivity contribution in [3.05, 3.63) is 76.3 Å². The number of anilines is 1. The molecule has 0 spiro atoms. The number of para-hydroxylation sites is 1. The Morgan fingerprint density at radius 3 is 2.24 bits per heavy atom. The normalized spacial score (nSPS) is 10.5. The van der Waals surface area contributed by atoms with Gasteiger partial charge in [-0.2, -0.15) is 0 Å². The first-order valence-electron chi connectivity index (χ1n) is 7.83. The van der Waals surface area contributed by atoms with Crippen LogP contribution in [0.5, 0.6) is 0 Å². The molecule has 0 aromatic heterocycles. The molecule has 0 saturated heterocycles. The number of carbonyl (C=O) groups is 1. The van der Waals surface area contributed by atoms with Gasteiger partial charge in [-0.3, -0.25) is 10.1 Å². The maximum absolute atomic E-state index is 12.7. The van der Waals surface area contributed by atoms with E-state index in [0.29, 0.717) is 10.6 Å². The van der Waals surface area contributed by atoms with Crippen LogP contribution in [0.4, 0.5) is 5.69 Å². The van der Waals surface area contributed by atoms with E-state index in [4.69, 9.17) is 23.8 Å². The second kappa shape index (κ2) is 7.21. The van der Waals surface area contributed by atoms with Gasteiger partial charge in [0.25, 0.3) is 5.91 Å². The number of carbonyl (C=O) groups excluding carboxylic acids is 1. The van der Waals surface area contributed by atoms with Gasteiger partial charge in [-0.05, 0) is 54.7 Å². The van der Waals surface area contributed by atoms with Crippen molar-refractivity contribution in [1.82, 2.24) is 5.32 Å². The van der Waals surface area contributed by atoms with Crippen LogP contribution in [0, 0.1) is 13.8 Å². The second-order valence-electron chi connectivity index (χ2n) is 5.82. The predicted molar refractivity (Wildman–Crippen MR) is 109 cm³/mol. The first kappa shape index (κ1) is 17.4. The van der Waals surface area contributed by atoms with E-state index in [1.807, 2.05) is 56.3 Å². The van der Waals surface area contributed by atoms with Crippen LogP contribution in [0.2, 0.25) is 5.02 Å². The molecule has 3 rings (SSSR count). The monoisotopic (exact) mass is 368 g/mol. The van der Waals surface area contributed by atoms with Crippen molar-refractivity contribution in [3.8, 4) is 0 Å². The maximum Gasteiger partial charge on any atom is 0.258 e. The molecule has 0 saturated carbocycles. The van der Waals surface area contributed by atoms with Gasteiger partial charge in [0.05, 0.1) is 0 Å². The third-order valence-electron chi connectivity index (χ3n) is 4.06. The van der Waals surface area contributed by atoms with E-state index in [1.54, 1.807) is 12.1 Å². The lowest BCUT2D eigenvalue weighted by Gasteiger charge is -2.14. The predicted octanol–water partition coefficient (Wildman–Crippen LogP) is 5.24. The molecule has 0 heterocycles. The number of fused-ring (bicyclic) bond motifs is 1. The maximum atomic E-state index is 12.7. The lowest BCUT2D eigenvalue weighted by atomic mass is 10.0. The standard InChI is InChI=1S/C20H17ClN2OS/c1-12-6-3-7-13(2)18(12)22-20(25)23-19(24)16-10-4-9-15-14(16)8-5-11-17(15)21/h3-11H,1-2H3,(H2,22,23,24,25). The number of amides is 1. The van der Waals surface area contributed by atoms with Gasteiger partial charge < -0.3 is 5.32 Å². The summed E-state index contributed by atoms with van der Waals surface area (Å²) in [4.78, 5) is 12.7. The first-order chi connectivity index (χ1) is 12.0. The minimum atomic E-state index is -0.267. The summed E-state index contributed by atoms with van der Waals surface area (Å²) in [6, 6.07) is 16.9. The van der Waals surface area contributed by atoms with E-state index in [0.717, 1.165) is 27.6 Å². The summed E-state index contributed by atoms with van der Waals surface area (Å²) in [6.45, 7) is 3.99. The number of halogens is 1. The van der Waals surface area contributed by atoms with E-state index < -0.39 is 0 Å². The van der Waals surface area contributed by atoms with Crippen LogP contribution in [0.3, 0.4) is 0 Å². The fourth-order valence-corrected chi connectivity index (χ4v) is 3.23. The average molecular weight is 369 g/mol. The highest BCUT2D eigenvalue weighted by Crippen LogP contribution is 2.26. The zero-order valence-electron chi connectivity index (χ0n) is 13.9. The van der Waals surface area contributed by atoms with Crippen molar-refractivity contribution in [2.75, 3.05) is 5.32 Å². The smallest absolute Gasteiger partial charge is 0.258 e. The van der Waals surface area contributed by atoms with Crippen LogP contribution in [0.1, 0.15) is 21.5 Å². The van der Waals surface area contributed by atoms with Crippen molar-refractivity contribution in [3.63, 3.8) is 0 Å². The van der Waals surface area contributed by atoms with Crippen LogP contribution in [0.15, 0.2) is 54.6 Å². The fraction of sp³-hybridized carbons (Fsp3) is 0.100. The molecule has 0 atom stereocenters. The van der Waals surface area contributed by atoms with E-state index >= 15 is 0 Å². The van der Waals surface area contributed by atoms with E-state index in [1.165, 1.54) is 0 Å². The summed E-state index contributed by atoms with van der Waals surface area (Å²) in [5, 5.41) is 8.37. The largest absolute Gasteiger partial charge is 0.332 e. The molecule has 3 aromatic carbocycles. The number of hydrogen-bond donors (Lipinski definition) is 2. The molecule has 126 valence electrons. The number of hydrogen-bond acceptors (Lipinski definition) is 2. The molecule has 0 aliphatic carbocycles. The van der Waals surface area contributed by atoms with Crippen LogP contribution < -0.4 is 10.6 Å².